The van der Waals surface area contributed by atoms with E-state index in [1.165, 1.54) is 0 Å². The van der Waals surface area contributed by atoms with Crippen molar-refractivity contribution < 1.29 is 24.2 Å². The quantitative estimate of drug-likeness (QED) is 0.550. The molecule has 3 rings (SSSR count). The Morgan fingerprint density at radius 2 is 1.50 bits per heavy atom. The topological polar surface area (TPSA) is 105 Å². The summed E-state index contributed by atoms with van der Waals surface area (Å²) in [6.45, 7) is 5.65. The lowest BCUT2D eigenvalue weighted by atomic mass is 9.98. The first kappa shape index (κ1) is 23.3. The van der Waals surface area contributed by atoms with Gasteiger partial charge in [-0.05, 0) is 41.5 Å². The van der Waals surface area contributed by atoms with Crippen LogP contribution in [0.5, 0.6) is 0 Å². The van der Waals surface area contributed by atoms with Crippen molar-refractivity contribution in [1.82, 2.24) is 10.6 Å². The van der Waals surface area contributed by atoms with Gasteiger partial charge in [-0.15, -0.1) is 0 Å². The summed E-state index contributed by atoms with van der Waals surface area (Å²) in [5.74, 6) is -1.40. The SMILES string of the molecule is CC(C)C[C@@H](NC(=O)C[C@@H](C)NC(=O)OCC1c2ccccc2-c2ccccc21)C(=O)O. The van der Waals surface area contributed by atoms with E-state index >= 15 is 0 Å². The van der Waals surface area contributed by atoms with E-state index in [9.17, 15) is 19.5 Å². The number of carbonyl (C=O) groups is 3. The Labute approximate surface area is 188 Å². The average molecular weight is 439 g/mol. The lowest BCUT2D eigenvalue weighted by Gasteiger charge is -2.19. The Hall–Kier alpha value is -3.35. The molecule has 0 fully saturated rings. The Bertz CT molecular complexity index is 942. The number of fused-ring (bicyclic) bond motifs is 3. The zero-order chi connectivity index (χ0) is 23.3. The summed E-state index contributed by atoms with van der Waals surface area (Å²) in [5, 5.41) is 14.4. The van der Waals surface area contributed by atoms with Gasteiger partial charge in [-0.1, -0.05) is 62.4 Å². The monoisotopic (exact) mass is 438 g/mol. The molecule has 0 saturated carbocycles. The minimum atomic E-state index is -1.07. The smallest absolute Gasteiger partial charge is 0.407 e. The zero-order valence-electron chi connectivity index (χ0n) is 18.6. The lowest BCUT2D eigenvalue weighted by molar-refractivity contribution is -0.142. The van der Waals surface area contributed by atoms with Crippen LogP contribution >= 0.6 is 0 Å². The third kappa shape index (κ3) is 5.66. The van der Waals surface area contributed by atoms with E-state index in [-0.39, 0.29) is 24.9 Å². The normalized spacial score (nSPS) is 14.2. The van der Waals surface area contributed by atoms with Crippen molar-refractivity contribution >= 4 is 18.0 Å². The number of amides is 2. The molecular weight excluding hydrogens is 408 g/mol. The van der Waals surface area contributed by atoms with E-state index in [0.29, 0.717) is 6.42 Å². The molecule has 2 aromatic carbocycles. The summed E-state index contributed by atoms with van der Waals surface area (Å²) in [4.78, 5) is 35.9. The number of aliphatic carboxylic acids is 1. The Balaban J connectivity index is 1.52. The molecule has 2 amide bonds. The zero-order valence-corrected chi connectivity index (χ0v) is 18.6. The van der Waals surface area contributed by atoms with Gasteiger partial charge in [-0.2, -0.15) is 0 Å². The fourth-order valence-corrected chi connectivity index (χ4v) is 4.12. The van der Waals surface area contributed by atoms with Crippen molar-refractivity contribution in [3.05, 3.63) is 59.7 Å². The number of alkyl carbamates (subject to hydrolysis) is 1. The van der Waals surface area contributed by atoms with Crippen molar-refractivity contribution in [1.29, 1.82) is 0 Å². The van der Waals surface area contributed by atoms with Crippen molar-refractivity contribution in [3.8, 4) is 11.1 Å². The first-order chi connectivity index (χ1) is 15.3. The van der Waals surface area contributed by atoms with Gasteiger partial charge in [0.25, 0.3) is 0 Å². The maximum Gasteiger partial charge on any atom is 0.407 e. The maximum atomic E-state index is 12.3. The molecule has 0 bridgehead atoms. The van der Waals surface area contributed by atoms with Crippen LogP contribution in [0.4, 0.5) is 4.79 Å². The molecule has 0 saturated heterocycles. The van der Waals surface area contributed by atoms with E-state index < -0.39 is 30.1 Å². The number of ether oxygens (including phenoxy) is 1. The van der Waals surface area contributed by atoms with Crippen molar-refractivity contribution in [2.24, 2.45) is 5.92 Å². The third-order valence-corrected chi connectivity index (χ3v) is 5.54. The summed E-state index contributed by atoms with van der Waals surface area (Å²) in [6.07, 6.45) is -0.300. The number of nitrogens with one attached hydrogen (secondary N) is 2. The van der Waals surface area contributed by atoms with Crippen LogP contribution < -0.4 is 10.6 Å². The van der Waals surface area contributed by atoms with Crippen LogP contribution in [0.1, 0.15) is 50.7 Å². The number of carbonyl (C=O) groups excluding carboxylic acids is 2. The van der Waals surface area contributed by atoms with E-state index in [0.717, 1.165) is 22.3 Å². The van der Waals surface area contributed by atoms with Crippen LogP contribution in [0.2, 0.25) is 0 Å². The molecule has 7 heteroatoms. The molecule has 1 aliphatic carbocycles. The highest BCUT2D eigenvalue weighted by Crippen LogP contribution is 2.44. The number of benzene rings is 2. The third-order valence-electron chi connectivity index (χ3n) is 5.54. The van der Waals surface area contributed by atoms with Crippen molar-refractivity contribution in [2.75, 3.05) is 6.61 Å². The maximum absolute atomic E-state index is 12.3. The fourth-order valence-electron chi connectivity index (χ4n) is 4.12. The summed E-state index contributed by atoms with van der Waals surface area (Å²) in [7, 11) is 0. The molecule has 1 aliphatic rings. The predicted molar refractivity (Wildman–Crippen MR) is 121 cm³/mol. The molecule has 32 heavy (non-hydrogen) atoms. The highest BCUT2D eigenvalue weighted by Gasteiger charge is 2.29. The average Bonchev–Trinajstić information content (AvgIpc) is 3.05. The predicted octanol–water partition coefficient (Wildman–Crippen LogP) is 3.92. The molecule has 2 aromatic rings. The molecule has 0 aliphatic heterocycles. The molecule has 0 radical (unpaired) electrons. The van der Waals surface area contributed by atoms with E-state index in [2.05, 4.69) is 22.8 Å². The number of hydrogen-bond donors (Lipinski definition) is 3. The Kier molecular flexibility index (Phi) is 7.51. The van der Waals surface area contributed by atoms with Crippen LogP contribution in [-0.4, -0.2) is 41.8 Å². The second-order valence-corrected chi connectivity index (χ2v) is 8.66. The van der Waals surface area contributed by atoms with Gasteiger partial charge < -0.3 is 20.5 Å². The lowest BCUT2D eigenvalue weighted by Crippen LogP contribution is -2.44. The standard InChI is InChI=1S/C25H30N2O5/c1-15(2)12-22(24(29)30)27-23(28)13-16(3)26-25(31)32-14-21-19-10-6-4-8-17(19)18-9-5-7-11-20(18)21/h4-11,15-16,21-22H,12-14H2,1-3H3,(H,26,31)(H,27,28)(H,29,30)/t16-,22-/m1/s1. The molecule has 2 atom stereocenters. The van der Waals surface area contributed by atoms with Gasteiger partial charge in [0, 0.05) is 18.4 Å². The van der Waals surface area contributed by atoms with Crippen molar-refractivity contribution in [2.45, 2.75) is 51.6 Å². The molecule has 170 valence electrons. The summed E-state index contributed by atoms with van der Waals surface area (Å²) < 4.78 is 5.49. The van der Waals surface area contributed by atoms with Gasteiger partial charge >= 0.3 is 12.1 Å². The molecule has 3 N–H and O–H groups in total. The first-order valence-electron chi connectivity index (χ1n) is 10.9. The van der Waals surface area contributed by atoms with E-state index in [1.54, 1.807) is 6.92 Å². The van der Waals surface area contributed by atoms with Crippen LogP contribution in [0.15, 0.2) is 48.5 Å². The number of rotatable bonds is 9. The van der Waals surface area contributed by atoms with Crippen LogP contribution in [0.25, 0.3) is 11.1 Å². The van der Waals surface area contributed by atoms with Gasteiger partial charge in [0.2, 0.25) is 5.91 Å². The van der Waals surface area contributed by atoms with Gasteiger partial charge in [0.15, 0.2) is 0 Å². The number of carboxylic acid groups (broad SMARTS) is 1. The number of carboxylic acids is 1. The minimum Gasteiger partial charge on any atom is -0.480 e. The molecular formula is C25H30N2O5. The van der Waals surface area contributed by atoms with E-state index in [4.69, 9.17) is 4.74 Å². The molecule has 0 aromatic heterocycles. The van der Waals surface area contributed by atoms with Crippen LogP contribution in [-0.2, 0) is 14.3 Å². The molecule has 0 heterocycles. The highest BCUT2D eigenvalue weighted by molar-refractivity contribution is 5.84. The summed E-state index contributed by atoms with van der Waals surface area (Å²) in [5.41, 5.74) is 4.55. The largest absolute Gasteiger partial charge is 0.480 e. The van der Waals surface area contributed by atoms with Gasteiger partial charge in [0.1, 0.15) is 12.6 Å². The number of hydrogen-bond acceptors (Lipinski definition) is 4. The Morgan fingerprint density at radius 3 is 2.03 bits per heavy atom. The van der Waals surface area contributed by atoms with Crippen LogP contribution in [0.3, 0.4) is 0 Å². The fraction of sp³-hybridized carbons (Fsp3) is 0.400. The second kappa shape index (κ2) is 10.3. The van der Waals surface area contributed by atoms with Gasteiger partial charge in [0.05, 0.1) is 0 Å². The minimum absolute atomic E-state index is 0.0356. The molecule has 0 spiro atoms. The highest BCUT2D eigenvalue weighted by atomic mass is 16.5. The van der Waals surface area contributed by atoms with Crippen LogP contribution in [0, 0.1) is 5.92 Å². The second-order valence-electron chi connectivity index (χ2n) is 8.66. The van der Waals surface area contributed by atoms with Gasteiger partial charge in [-0.25, -0.2) is 9.59 Å². The van der Waals surface area contributed by atoms with Crippen molar-refractivity contribution in [3.63, 3.8) is 0 Å². The summed E-state index contributed by atoms with van der Waals surface area (Å²) >= 11 is 0. The Morgan fingerprint density at radius 1 is 0.938 bits per heavy atom. The molecule has 0 unspecified atom stereocenters. The summed E-state index contributed by atoms with van der Waals surface area (Å²) in [6, 6.07) is 14.7. The molecule has 7 nitrogen and oxygen atoms in total. The first-order valence-corrected chi connectivity index (χ1v) is 10.9. The van der Waals surface area contributed by atoms with Gasteiger partial charge in [-0.3, -0.25) is 4.79 Å². The van der Waals surface area contributed by atoms with E-state index in [1.807, 2.05) is 50.2 Å².